The Morgan fingerprint density at radius 3 is 2.72 bits per heavy atom. The Labute approximate surface area is 114 Å². The standard InChI is InChI=1S/C15H21ClFN/c1-3-8-18-11(2)15(6-7-15)10-12-4-5-14(17)13(16)9-12/h4-5,9,11,18H,3,6-8,10H2,1-2H3. The van der Waals surface area contributed by atoms with E-state index in [0.29, 0.717) is 11.5 Å². The van der Waals surface area contributed by atoms with E-state index in [4.69, 9.17) is 11.6 Å². The first-order valence-electron chi connectivity index (χ1n) is 6.75. The molecule has 0 aromatic heterocycles. The Morgan fingerprint density at radius 1 is 1.44 bits per heavy atom. The topological polar surface area (TPSA) is 12.0 Å². The monoisotopic (exact) mass is 269 g/mol. The van der Waals surface area contributed by atoms with Crippen LogP contribution in [0.25, 0.3) is 0 Å². The van der Waals surface area contributed by atoms with E-state index < -0.39 is 0 Å². The largest absolute Gasteiger partial charge is 0.314 e. The van der Waals surface area contributed by atoms with Gasteiger partial charge in [-0.15, -0.1) is 0 Å². The first-order chi connectivity index (χ1) is 8.57. The van der Waals surface area contributed by atoms with Gasteiger partial charge in [0.25, 0.3) is 0 Å². The molecule has 1 unspecified atom stereocenters. The van der Waals surface area contributed by atoms with Gasteiger partial charge in [-0.25, -0.2) is 4.39 Å². The van der Waals surface area contributed by atoms with Crippen LogP contribution in [0.5, 0.6) is 0 Å². The molecule has 1 aromatic rings. The molecule has 1 N–H and O–H groups in total. The van der Waals surface area contributed by atoms with Crippen LogP contribution < -0.4 is 5.32 Å². The van der Waals surface area contributed by atoms with E-state index in [1.807, 2.05) is 6.07 Å². The van der Waals surface area contributed by atoms with E-state index in [-0.39, 0.29) is 10.8 Å². The van der Waals surface area contributed by atoms with Gasteiger partial charge in [-0.3, -0.25) is 0 Å². The van der Waals surface area contributed by atoms with Crippen molar-refractivity contribution in [3.05, 3.63) is 34.6 Å². The number of nitrogens with one attached hydrogen (secondary N) is 1. The second-order valence-electron chi connectivity index (χ2n) is 5.46. The molecule has 0 spiro atoms. The molecular weight excluding hydrogens is 249 g/mol. The maximum Gasteiger partial charge on any atom is 0.141 e. The molecule has 3 heteroatoms. The Morgan fingerprint density at radius 2 is 2.17 bits per heavy atom. The van der Waals surface area contributed by atoms with Crippen molar-refractivity contribution in [2.75, 3.05) is 6.54 Å². The SMILES string of the molecule is CCCNC(C)C1(Cc2ccc(F)c(Cl)c2)CC1. The minimum Gasteiger partial charge on any atom is -0.314 e. The lowest BCUT2D eigenvalue weighted by Gasteiger charge is -2.24. The molecule has 1 aliphatic carbocycles. The zero-order valence-electron chi connectivity index (χ0n) is 11.1. The molecule has 1 aromatic carbocycles. The van der Waals surface area contributed by atoms with Gasteiger partial charge in [0.15, 0.2) is 0 Å². The highest BCUT2D eigenvalue weighted by atomic mass is 35.5. The molecule has 0 bridgehead atoms. The zero-order valence-corrected chi connectivity index (χ0v) is 11.9. The zero-order chi connectivity index (χ0) is 13.2. The number of hydrogen-bond donors (Lipinski definition) is 1. The molecule has 1 nitrogen and oxygen atoms in total. The summed E-state index contributed by atoms with van der Waals surface area (Å²) < 4.78 is 13.1. The summed E-state index contributed by atoms with van der Waals surface area (Å²) in [6.07, 6.45) is 4.65. The van der Waals surface area contributed by atoms with Gasteiger partial charge in [-0.05, 0) is 62.3 Å². The van der Waals surface area contributed by atoms with Crippen molar-refractivity contribution in [1.29, 1.82) is 0 Å². The fraction of sp³-hybridized carbons (Fsp3) is 0.600. The summed E-state index contributed by atoms with van der Waals surface area (Å²) in [6, 6.07) is 5.61. The number of hydrogen-bond acceptors (Lipinski definition) is 1. The number of rotatable bonds is 6. The summed E-state index contributed by atoms with van der Waals surface area (Å²) >= 11 is 5.84. The van der Waals surface area contributed by atoms with Gasteiger partial charge in [0.05, 0.1) is 5.02 Å². The second kappa shape index (κ2) is 5.58. The average molecular weight is 270 g/mol. The van der Waals surface area contributed by atoms with E-state index in [1.54, 1.807) is 6.07 Å². The molecule has 1 fully saturated rings. The molecule has 100 valence electrons. The summed E-state index contributed by atoms with van der Waals surface area (Å²) in [5, 5.41) is 3.81. The highest BCUT2D eigenvalue weighted by Crippen LogP contribution is 2.51. The fourth-order valence-electron chi connectivity index (χ4n) is 2.56. The van der Waals surface area contributed by atoms with Crippen molar-refractivity contribution in [3.63, 3.8) is 0 Å². The minimum atomic E-state index is -0.331. The van der Waals surface area contributed by atoms with Crippen molar-refractivity contribution in [2.45, 2.75) is 45.6 Å². The fourth-order valence-corrected chi connectivity index (χ4v) is 2.76. The number of benzene rings is 1. The molecular formula is C15H21ClFN. The van der Waals surface area contributed by atoms with E-state index in [1.165, 1.54) is 18.9 Å². The third-order valence-electron chi connectivity index (χ3n) is 4.05. The van der Waals surface area contributed by atoms with Crippen molar-refractivity contribution in [3.8, 4) is 0 Å². The molecule has 2 rings (SSSR count). The van der Waals surface area contributed by atoms with Gasteiger partial charge < -0.3 is 5.32 Å². The highest BCUT2D eigenvalue weighted by Gasteiger charge is 2.46. The van der Waals surface area contributed by atoms with Crippen LogP contribution in [-0.2, 0) is 6.42 Å². The van der Waals surface area contributed by atoms with Crippen LogP contribution >= 0.6 is 11.6 Å². The Balaban J connectivity index is 2.01. The molecule has 1 saturated carbocycles. The molecule has 0 saturated heterocycles. The first-order valence-corrected chi connectivity index (χ1v) is 7.12. The third kappa shape index (κ3) is 3.04. The lowest BCUT2D eigenvalue weighted by molar-refractivity contribution is 0.350. The summed E-state index contributed by atoms with van der Waals surface area (Å²) in [7, 11) is 0. The minimum absolute atomic E-state index is 0.234. The van der Waals surface area contributed by atoms with Crippen LogP contribution in [0.4, 0.5) is 4.39 Å². The van der Waals surface area contributed by atoms with Crippen LogP contribution in [0.3, 0.4) is 0 Å². The van der Waals surface area contributed by atoms with Crippen LogP contribution in [0.2, 0.25) is 5.02 Å². The van der Waals surface area contributed by atoms with Crippen molar-refractivity contribution in [2.24, 2.45) is 5.41 Å². The van der Waals surface area contributed by atoms with Crippen LogP contribution in [-0.4, -0.2) is 12.6 Å². The van der Waals surface area contributed by atoms with Crippen molar-refractivity contribution >= 4 is 11.6 Å². The van der Waals surface area contributed by atoms with Gasteiger partial charge in [-0.1, -0.05) is 24.6 Å². The van der Waals surface area contributed by atoms with Gasteiger partial charge >= 0.3 is 0 Å². The van der Waals surface area contributed by atoms with Gasteiger partial charge in [0.1, 0.15) is 5.82 Å². The molecule has 0 heterocycles. The van der Waals surface area contributed by atoms with E-state index in [2.05, 4.69) is 19.2 Å². The molecule has 1 aliphatic rings. The summed E-state index contributed by atoms with van der Waals surface area (Å²) in [5.41, 5.74) is 1.50. The molecule has 18 heavy (non-hydrogen) atoms. The van der Waals surface area contributed by atoms with E-state index in [0.717, 1.165) is 24.9 Å². The lowest BCUT2D eigenvalue weighted by atomic mass is 9.89. The maximum absolute atomic E-state index is 13.1. The lowest BCUT2D eigenvalue weighted by Crippen LogP contribution is -2.36. The van der Waals surface area contributed by atoms with Gasteiger partial charge in [0, 0.05) is 6.04 Å². The Hall–Kier alpha value is -0.600. The summed E-state index contributed by atoms with van der Waals surface area (Å²) in [6.45, 7) is 5.50. The average Bonchev–Trinajstić information content (AvgIpc) is 3.12. The van der Waals surface area contributed by atoms with Crippen molar-refractivity contribution in [1.82, 2.24) is 5.32 Å². The van der Waals surface area contributed by atoms with E-state index in [9.17, 15) is 4.39 Å². The number of halogens is 2. The van der Waals surface area contributed by atoms with Crippen molar-refractivity contribution < 1.29 is 4.39 Å². The molecule has 0 aliphatic heterocycles. The quantitative estimate of drug-likeness (QED) is 0.817. The smallest absolute Gasteiger partial charge is 0.141 e. The summed E-state index contributed by atoms with van der Waals surface area (Å²) in [5.74, 6) is -0.331. The third-order valence-corrected chi connectivity index (χ3v) is 4.34. The predicted octanol–water partition coefficient (Wildman–Crippen LogP) is 4.19. The normalized spacial score (nSPS) is 18.7. The van der Waals surface area contributed by atoms with Gasteiger partial charge in [0.2, 0.25) is 0 Å². The first kappa shape index (κ1) is 13.8. The molecule has 0 amide bonds. The Bertz CT molecular complexity index is 415. The summed E-state index contributed by atoms with van der Waals surface area (Å²) in [4.78, 5) is 0. The van der Waals surface area contributed by atoms with Crippen LogP contribution in [0.15, 0.2) is 18.2 Å². The Kier molecular flexibility index (Phi) is 4.29. The highest BCUT2D eigenvalue weighted by molar-refractivity contribution is 6.30. The van der Waals surface area contributed by atoms with Crippen LogP contribution in [0, 0.1) is 11.2 Å². The molecule has 0 radical (unpaired) electrons. The van der Waals surface area contributed by atoms with Crippen LogP contribution in [0.1, 0.15) is 38.7 Å². The maximum atomic E-state index is 13.1. The van der Waals surface area contributed by atoms with Gasteiger partial charge in [-0.2, -0.15) is 0 Å². The molecule has 1 atom stereocenters. The predicted molar refractivity (Wildman–Crippen MR) is 74.5 cm³/mol. The van der Waals surface area contributed by atoms with E-state index >= 15 is 0 Å². The second-order valence-corrected chi connectivity index (χ2v) is 5.87.